The van der Waals surface area contributed by atoms with Gasteiger partial charge in [-0.15, -0.1) is 0 Å². The van der Waals surface area contributed by atoms with Crippen LogP contribution in [0.25, 0.3) is 0 Å². The minimum atomic E-state index is -4.08. The Bertz CT molecular complexity index is 564. The molecule has 0 bridgehead atoms. The van der Waals surface area contributed by atoms with E-state index >= 15 is 4.39 Å². The van der Waals surface area contributed by atoms with Crippen LogP contribution in [-0.4, -0.2) is 67.6 Å². The van der Waals surface area contributed by atoms with Crippen molar-refractivity contribution in [1.29, 1.82) is 0 Å². The van der Waals surface area contributed by atoms with Crippen molar-refractivity contribution < 1.29 is 22.3 Å². The van der Waals surface area contributed by atoms with Crippen LogP contribution >= 0.6 is 0 Å². The Labute approximate surface area is 176 Å². The Morgan fingerprint density at radius 2 is 1.87 bits per heavy atom. The molecule has 3 heterocycles. The summed E-state index contributed by atoms with van der Waals surface area (Å²) in [5.41, 5.74) is -0.241. The van der Waals surface area contributed by atoms with Crippen molar-refractivity contribution in [3.8, 4) is 0 Å². The molecule has 3 saturated heterocycles. The zero-order valence-electron chi connectivity index (χ0n) is 17.8. The summed E-state index contributed by atoms with van der Waals surface area (Å²) in [4.78, 5) is 2.20. The monoisotopic (exact) mass is 436 g/mol. The molecule has 5 atom stereocenters. The van der Waals surface area contributed by atoms with E-state index in [1.54, 1.807) is 0 Å². The highest BCUT2D eigenvalue weighted by Crippen LogP contribution is 2.43. The molecule has 4 fully saturated rings. The van der Waals surface area contributed by atoms with Crippen molar-refractivity contribution in [2.75, 3.05) is 26.4 Å². The van der Waals surface area contributed by atoms with Crippen LogP contribution in [0.4, 0.5) is 17.6 Å². The van der Waals surface area contributed by atoms with Gasteiger partial charge >= 0.3 is 6.18 Å². The quantitative estimate of drug-likeness (QED) is 0.579. The number of nitrogens with zero attached hydrogens (tertiary/aromatic N) is 1. The van der Waals surface area contributed by atoms with Crippen LogP contribution < -0.4 is 16.0 Å². The first-order valence-corrected chi connectivity index (χ1v) is 11.6. The van der Waals surface area contributed by atoms with E-state index in [0.717, 1.165) is 38.8 Å². The Balaban J connectivity index is 1.34. The molecule has 3 N–H and O–H groups in total. The zero-order chi connectivity index (χ0) is 21.4. The number of hydrogen-bond donors (Lipinski definition) is 3. The first-order chi connectivity index (χ1) is 14.3. The van der Waals surface area contributed by atoms with Crippen LogP contribution in [0.2, 0.25) is 0 Å². The molecule has 5 nitrogen and oxygen atoms in total. The summed E-state index contributed by atoms with van der Waals surface area (Å²) in [6, 6.07) is 0.171. The van der Waals surface area contributed by atoms with E-state index < -0.39 is 30.6 Å². The molecular weight excluding hydrogens is 400 g/mol. The molecule has 174 valence electrons. The fourth-order valence-corrected chi connectivity index (χ4v) is 5.97. The highest BCUT2D eigenvalue weighted by molar-refractivity contribution is 4.97. The topological polar surface area (TPSA) is 48.6 Å². The van der Waals surface area contributed by atoms with Gasteiger partial charge in [0.05, 0.1) is 23.9 Å². The van der Waals surface area contributed by atoms with E-state index in [4.69, 9.17) is 4.74 Å². The largest absolute Gasteiger partial charge is 0.391 e. The van der Waals surface area contributed by atoms with Crippen molar-refractivity contribution in [2.45, 2.75) is 94.6 Å². The number of likely N-dealkylation sites (tertiary alicyclic amines) is 1. The summed E-state index contributed by atoms with van der Waals surface area (Å²) in [6.07, 6.45) is -0.569. The van der Waals surface area contributed by atoms with Gasteiger partial charge in [0.15, 0.2) is 6.17 Å². The first-order valence-electron chi connectivity index (χ1n) is 11.6. The average molecular weight is 437 g/mol. The zero-order valence-corrected chi connectivity index (χ0v) is 17.8. The van der Waals surface area contributed by atoms with Crippen LogP contribution in [0, 0.1) is 11.8 Å². The minimum absolute atomic E-state index is 0.171. The Kier molecular flexibility index (Phi) is 6.94. The average Bonchev–Trinajstić information content (AvgIpc) is 3.36. The molecule has 0 amide bonds. The lowest BCUT2D eigenvalue weighted by atomic mass is 9.77. The summed E-state index contributed by atoms with van der Waals surface area (Å²) in [7, 11) is 0. The third-order valence-electron chi connectivity index (χ3n) is 7.73. The van der Waals surface area contributed by atoms with Crippen LogP contribution in [-0.2, 0) is 4.74 Å². The van der Waals surface area contributed by atoms with Crippen molar-refractivity contribution in [3.05, 3.63) is 0 Å². The SMILES string of the molecule is CC1(CNC2NCNC(N3CCC[C@@H]3C3CCC(C(F)(F)F)CC3)C2F)CCCO1. The standard InChI is InChI=1S/C21H36F4N4O/c1-20(9-3-11-30-20)12-26-18-17(22)19(28-13-27-18)29-10-2-4-16(29)14-5-7-15(8-6-14)21(23,24)25/h14-19,26-28H,2-13H2,1H3/t14?,15?,16-,17?,18?,19?,20?/m1/s1. The number of hydrogen-bond acceptors (Lipinski definition) is 5. The number of halogens is 4. The molecule has 1 aliphatic carbocycles. The predicted molar refractivity (Wildman–Crippen MR) is 106 cm³/mol. The molecule has 4 rings (SSSR count). The van der Waals surface area contributed by atoms with E-state index in [2.05, 4.69) is 27.8 Å². The van der Waals surface area contributed by atoms with Gasteiger partial charge in [-0.05, 0) is 64.2 Å². The third kappa shape index (κ3) is 4.95. The van der Waals surface area contributed by atoms with Gasteiger partial charge in [0, 0.05) is 32.4 Å². The van der Waals surface area contributed by atoms with Crippen LogP contribution in [0.1, 0.15) is 58.3 Å². The van der Waals surface area contributed by atoms with Gasteiger partial charge in [-0.1, -0.05) is 0 Å². The molecule has 30 heavy (non-hydrogen) atoms. The van der Waals surface area contributed by atoms with Crippen molar-refractivity contribution in [3.63, 3.8) is 0 Å². The third-order valence-corrected chi connectivity index (χ3v) is 7.73. The molecule has 4 aliphatic rings. The van der Waals surface area contributed by atoms with E-state index in [9.17, 15) is 13.2 Å². The Hall–Kier alpha value is -0.480. The lowest BCUT2D eigenvalue weighted by Gasteiger charge is -2.45. The first kappa shape index (κ1) is 22.7. The van der Waals surface area contributed by atoms with Gasteiger partial charge in [-0.2, -0.15) is 13.2 Å². The summed E-state index contributed by atoms with van der Waals surface area (Å²) in [5, 5.41) is 9.77. The molecule has 4 unspecified atom stereocenters. The summed E-state index contributed by atoms with van der Waals surface area (Å²) in [5.74, 6) is -0.936. The highest BCUT2D eigenvalue weighted by Gasteiger charge is 2.47. The summed E-state index contributed by atoms with van der Waals surface area (Å²) in [6.45, 7) is 4.72. The summed E-state index contributed by atoms with van der Waals surface area (Å²) >= 11 is 0. The highest BCUT2D eigenvalue weighted by atomic mass is 19.4. The van der Waals surface area contributed by atoms with Crippen LogP contribution in [0.5, 0.6) is 0 Å². The Morgan fingerprint density at radius 3 is 2.53 bits per heavy atom. The van der Waals surface area contributed by atoms with Gasteiger partial charge in [0.2, 0.25) is 0 Å². The maximum Gasteiger partial charge on any atom is 0.391 e. The number of rotatable bonds is 5. The van der Waals surface area contributed by atoms with Gasteiger partial charge < -0.3 is 4.74 Å². The lowest BCUT2D eigenvalue weighted by molar-refractivity contribution is -0.185. The molecule has 0 aromatic heterocycles. The number of nitrogens with one attached hydrogen (secondary N) is 3. The van der Waals surface area contributed by atoms with Gasteiger partial charge in [-0.3, -0.25) is 20.9 Å². The van der Waals surface area contributed by atoms with Gasteiger partial charge in [0.1, 0.15) is 0 Å². The van der Waals surface area contributed by atoms with E-state index in [1.165, 1.54) is 0 Å². The second-order valence-corrected chi connectivity index (χ2v) is 9.84. The molecule has 1 saturated carbocycles. The van der Waals surface area contributed by atoms with Crippen molar-refractivity contribution >= 4 is 0 Å². The maximum absolute atomic E-state index is 15.5. The molecule has 0 spiro atoms. The number of ether oxygens (including phenoxy) is 1. The second kappa shape index (κ2) is 9.17. The van der Waals surface area contributed by atoms with E-state index in [1.807, 2.05) is 0 Å². The molecule has 3 aliphatic heterocycles. The van der Waals surface area contributed by atoms with Crippen molar-refractivity contribution in [2.24, 2.45) is 11.8 Å². The molecule has 0 aromatic rings. The molecular formula is C21H36F4N4O. The molecule has 9 heteroatoms. The summed E-state index contributed by atoms with van der Waals surface area (Å²) < 4.78 is 60.4. The second-order valence-electron chi connectivity index (χ2n) is 9.84. The minimum Gasteiger partial charge on any atom is -0.374 e. The Morgan fingerprint density at radius 1 is 1.10 bits per heavy atom. The van der Waals surface area contributed by atoms with E-state index in [-0.39, 0.29) is 30.4 Å². The molecule has 0 aromatic carbocycles. The lowest BCUT2D eigenvalue weighted by Crippen LogP contribution is -2.70. The van der Waals surface area contributed by atoms with Crippen LogP contribution in [0.15, 0.2) is 0 Å². The number of alkyl halides is 4. The van der Waals surface area contributed by atoms with Gasteiger partial charge in [0.25, 0.3) is 0 Å². The fourth-order valence-electron chi connectivity index (χ4n) is 5.97. The van der Waals surface area contributed by atoms with Gasteiger partial charge in [-0.25, -0.2) is 4.39 Å². The van der Waals surface area contributed by atoms with Crippen molar-refractivity contribution in [1.82, 2.24) is 20.9 Å². The fraction of sp³-hybridized carbons (Fsp3) is 1.00. The molecule has 0 radical (unpaired) electrons. The predicted octanol–water partition coefficient (Wildman–Crippen LogP) is 3.12. The maximum atomic E-state index is 15.5. The van der Waals surface area contributed by atoms with Crippen LogP contribution in [0.3, 0.4) is 0 Å². The van der Waals surface area contributed by atoms with E-state index in [0.29, 0.717) is 26.1 Å². The normalized spacial score (nSPS) is 43.9. The smallest absolute Gasteiger partial charge is 0.374 e.